The van der Waals surface area contributed by atoms with Gasteiger partial charge in [0.1, 0.15) is 5.75 Å². The van der Waals surface area contributed by atoms with Crippen LogP contribution >= 0.6 is 11.3 Å². The number of rotatable bonds is 4. The van der Waals surface area contributed by atoms with E-state index in [9.17, 15) is 18.3 Å². The molecule has 4 nitrogen and oxygen atoms in total. The van der Waals surface area contributed by atoms with Crippen molar-refractivity contribution in [1.29, 1.82) is 0 Å². The van der Waals surface area contributed by atoms with E-state index in [0.717, 1.165) is 53.8 Å². The van der Waals surface area contributed by atoms with Crippen molar-refractivity contribution in [3.05, 3.63) is 47.5 Å². The molecule has 8 heteroatoms. The molecule has 28 heavy (non-hydrogen) atoms. The summed E-state index contributed by atoms with van der Waals surface area (Å²) in [4.78, 5) is 6.30. The second-order valence-electron chi connectivity index (χ2n) is 6.97. The van der Waals surface area contributed by atoms with Crippen molar-refractivity contribution < 1.29 is 23.0 Å². The van der Waals surface area contributed by atoms with E-state index in [-0.39, 0.29) is 11.5 Å². The number of halogens is 3. The van der Waals surface area contributed by atoms with E-state index < -0.39 is 6.36 Å². The fraction of sp³-hybridized carbons (Fsp3) is 0.350. The van der Waals surface area contributed by atoms with E-state index in [0.29, 0.717) is 5.92 Å². The van der Waals surface area contributed by atoms with Gasteiger partial charge >= 0.3 is 6.36 Å². The smallest absolute Gasteiger partial charge is 0.406 e. The number of fused-ring (bicyclic) bond motifs is 1. The van der Waals surface area contributed by atoms with Crippen LogP contribution in [-0.4, -0.2) is 24.4 Å². The number of piperidine rings is 1. The van der Waals surface area contributed by atoms with Crippen LogP contribution in [0.2, 0.25) is 0 Å². The number of anilines is 1. The Hall–Kier alpha value is -2.48. The first-order valence-corrected chi connectivity index (χ1v) is 9.89. The number of aromatic nitrogens is 1. The van der Waals surface area contributed by atoms with Crippen molar-refractivity contribution in [2.24, 2.45) is 5.92 Å². The quantitative estimate of drug-likeness (QED) is 0.549. The molecule has 0 unspecified atom stereocenters. The largest absolute Gasteiger partial charge is 0.573 e. The summed E-state index contributed by atoms with van der Waals surface area (Å²) in [5.74, 6) is 0.234. The van der Waals surface area contributed by atoms with E-state index in [1.54, 1.807) is 23.7 Å². The molecule has 1 aliphatic rings. The Morgan fingerprint density at radius 1 is 1.14 bits per heavy atom. The predicted octanol–water partition coefficient (Wildman–Crippen LogP) is 5.80. The highest BCUT2D eigenvalue weighted by atomic mass is 32.1. The Morgan fingerprint density at radius 3 is 2.54 bits per heavy atom. The summed E-state index contributed by atoms with van der Waals surface area (Å²) in [6, 6.07) is 9.59. The molecular formula is C20H18F3N2O2S. The maximum absolute atomic E-state index is 12.4. The van der Waals surface area contributed by atoms with Crippen LogP contribution in [0.4, 0.5) is 18.9 Å². The Bertz CT molecular complexity index is 948. The third-order valence-electron chi connectivity index (χ3n) is 5.05. The maximum Gasteiger partial charge on any atom is 0.573 e. The summed E-state index contributed by atoms with van der Waals surface area (Å²) in [5, 5.41) is 12.4. The van der Waals surface area contributed by atoms with E-state index in [2.05, 4.69) is 14.6 Å². The Balaban J connectivity index is 1.35. The highest BCUT2D eigenvalue weighted by Crippen LogP contribution is 2.36. The molecular weight excluding hydrogens is 389 g/mol. The molecule has 0 saturated carbocycles. The molecule has 0 spiro atoms. The summed E-state index contributed by atoms with van der Waals surface area (Å²) >= 11 is 1.52. The van der Waals surface area contributed by atoms with Crippen LogP contribution in [0, 0.1) is 5.92 Å². The highest BCUT2D eigenvalue weighted by molar-refractivity contribution is 7.16. The van der Waals surface area contributed by atoms with E-state index in [1.165, 1.54) is 23.5 Å². The molecule has 4 rings (SSSR count). The van der Waals surface area contributed by atoms with Crippen LogP contribution in [0.15, 0.2) is 41.9 Å². The molecule has 1 aliphatic heterocycles. The number of hydrogen-bond donors (Lipinski definition) is 0. The van der Waals surface area contributed by atoms with Crippen LogP contribution < -0.4 is 9.64 Å². The minimum atomic E-state index is -4.67. The van der Waals surface area contributed by atoms with Gasteiger partial charge in [0.25, 0.3) is 0 Å². The fourth-order valence-electron chi connectivity index (χ4n) is 3.66. The summed E-state index contributed by atoms with van der Waals surface area (Å²) in [6.45, 7) is 1.58. The monoisotopic (exact) mass is 407 g/mol. The van der Waals surface area contributed by atoms with E-state index in [4.69, 9.17) is 0 Å². The zero-order chi connectivity index (χ0) is 19.7. The standard InChI is InChI=1S/C20H18F3N2O2S/c21-20(22,23)27-15-3-1-13(2-4-15)9-14-5-7-25(8-6-14)17-11-19-16(10-18(17)26)24-12-28-19/h1-4,10-12,14H,5-9H2. The van der Waals surface area contributed by atoms with Gasteiger partial charge in [-0.2, -0.15) is 0 Å². The molecule has 147 valence electrons. The minimum Gasteiger partial charge on any atom is -0.406 e. The molecule has 2 aromatic carbocycles. The zero-order valence-electron chi connectivity index (χ0n) is 14.9. The number of thiazole rings is 1. The summed E-state index contributed by atoms with van der Waals surface area (Å²) in [6.07, 6.45) is -2.00. The fourth-order valence-corrected chi connectivity index (χ4v) is 4.35. The number of hydrogen-bond acceptors (Lipinski definition) is 4. The molecule has 1 radical (unpaired) electrons. The lowest BCUT2D eigenvalue weighted by Crippen LogP contribution is -2.34. The van der Waals surface area contributed by atoms with Crippen LogP contribution in [0.3, 0.4) is 0 Å². The number of nitrogens with zero attached hydrogens (tertiary/aromatic N) is 2. The molecule has 0 atom stereocenters. The normalized spacial score (nSPS) is 15.9. The number of benzene rings is 2. The SMILES string of the molecule is [O]c1cc2ncsc2cc1N1CCC(Cc2ccc(OC(F)(F)F)cc2)CC1. The Labute approximate surface area is 164 Å². The van der Waals surface area contributed by atoms with Crippen molar-refractivity contribution in [3.63, 3.8) is 0 Å². The first-order chi connectivity index (χ1) is 13.4. The summed E-state index contributed by atoms with van der Waals surface area (Å²) in [7, 11) is 0. The van der Waals surface area contributed by atoms with Crippen molar-refractivity contribution in [3.8, 4) is 11.5 Å². The minimum absolute atomic E-state index is 0.00268. The molecule has 0 N–H and O–H groups in total. The molecule has 1 saturated heterocycles. The molecule has 1 fully saturated rings. The van der Waals surface area contributed by atoms with Crippen molar-refractivity contribution in [2.45, 2.75) is 25.6 Å². The molecule has 3 aromatic rings. The Kier molecular flexibility index (Phi) is 5.05. The van der Waals surface area contributed by atoms with E-state index >= 15 is 0 Å². The lowest BCUT2D eigenvalue weighted by Gasteiger charge is -2.33. The van der Waals surface area contributed by atoms with Crippen molar-refractivity contribution in [2.75, 3.05) is 18.0 Å². The molecule has 0 bridgehead atoms. The maximum atomic E-state index is 12.4. The average Bonchev–Trinajstić information content (AvgIpc) is 3.09. The molecule has 0 amide bonds. The van der Waals surface area contributed by atoms with Crippen LogP contribution in [-0.2, 0) is 11.5 Å². The summed E-state index contributed by atoms with van der Waals surface area (Å²) < 4.78 is 41.6. The first-order valence-electron chi connectivity index (χ1n) is 9.01. The van der Waals surface area contributed by atoms with Gasteiger partial charge in [0.05, 0.1) is 21.4 Å². The first kappa shape index (κ1) is 18.9. The number of ether oxygens (including phenoxy) is 1. The lowest BCUT2D eigenvalue weighted by molar-refractivity contribution is -0.274. The molecule has 0 aliphatic carbocycles. The zero-order valence-corrected chi connectivity index (χ0v) is 15.7. The predicted molar refractivity (Wildman–Crippen MR) is 102 cm³/mol. The molecule has 1 aromatic heterocycles. The van der Waals surface area contributed by atoms with Crippen molar-refractivity contribution >= 4 is 27.2 Å². The second-order valence-corrected chi connectivity index (χ2v) is 7.85. The van der Waals surface area contributed by atoms with Gasteiger partial charge in [-0.25, -0.2) is 4.98 Å². The third kappa shape index (κ3) is 4.32. The van der Waals surface area contributed by atoms with Crippen LogP contribution in [0.5, 0.6) is 11.5 Å². The second kappa shape index (κ2) is 7.50. The van der Waals surface area contributed by atoms with Gasteiger partial charge in [0.15, 0.2) is 0 Å². The average molecular weight is 407 g/mol. The van der Waals surface area contributed by atoms with Gasteiger partial charge in [0.2, 0.25) is 5.75 Å². The lowest BCUT2D eigenvalue weighted by atomic mass is 9.90. The van der Waals surface area contributed by atoms with Crippen molar-refractivity contribution in [1.82, 2.24) is 4.98 Å². The topological polar surface area (TPSA) is 45.3 Å². The highest BCUT2D eigenvalue weighted by Gasteiger charge is 2.31. The summed E-state index contributed by atoms with van der Waals surface area (Å²) in [5.41, 5.74) is 4.20. The van der Waals surface area contributed by atoms with Crippen LogP contribution in [0.1, 0.15) is 18.4 Å². The van der Waals surface area contributed by atoms with Gasteiger partial charge < -0.3 is 9.64 Å². The van der Waals surface area contributed by atoms with Gasteiger partial charge in [-0.1, -0.05) is 12.1 Å². The van der Waals surface area contributed by atoms with E-state index in [1.807, 2.05) is 6.07 Å². The third-order valence-corrected chi connectivity index (χ3v) is 5.84. The molecule has 2 heterocycles. The van der Waals surface area contributed by atoms with Gasteiger partial charge in [0, 0.05) is 19.2 Å². The number of alkyl halides is 3. The van der Waals surface area contributed by atoms with Gasteiger partial charge in [-0.05, 0) is 48.9 Å². The van der Waals surface area contributed by atoms with Crippen LogP contribution in [0.25, 0.3) is 10.2 Å². The van der Waals surface area contributed by atoms with Gasteiger partial charge in [-0.15, -0.1) is 24.5 Å². The Morgan fingerprint density at radius 2 is 1.86 bits per heavy atom. The van der Waals surface area contributed by atoms with Gasteiger partial charge in [-0.3, -0.25) is 5.11 Å².